The second-order valence-electron chi connectivity index (χ2n) is 4.67. The molecule has 2 aromatic carbocycles. The number of hydrogen-bond acceptors (Lipinski definition) is 0. The van der Waals surface area contributed by atoms with Crippen LogP contribution in [0.5, 0.6) is 0 Å². The van der Waals surface area contributed by atoms with Crippen molar-refractivity contribution in [3.63, 3.8) is 0 Å². The molecule has 10 radical (unpaired) electrons. The average Bonchev–Trinajstić information content (AvgIpc) is 2.90. The van der Waals surface area contributed by atoms with Crippen LogP contribution < -0.4 is 0 Å². The molecule has 1 saturated heterocycles. The molecule has 0 aliphatic carbocycles. The first-order valence-electron chi connectivity index (χ1n) is 6.29. The summed E-state index contributed by atoms with van der Waals surface area (Å²) in [5.74, 6) is 0. The van der Waals surface area contributed by atoms with Gasteiger partial charge in [-0.15, -0.1) is 0 Å². The summed E-state index contributed by atoms with van der Waals surface area (Å²) in [6.07, 6.45) is 2.78. The number of hydrogen-bond donors (Lipinski definition) is 0. The Balaban J connectivity index is 0.000000902. The fraction of sp³-hybridized carbons (Fsp3) is 0.250. The SMILES string of the molecule is [Si].[Si].c1ccc([CH]2CC[CH](c3ccccc3)[Ge]2)cc1. The third-order valence-electron chi connectivity index (χ3n) is 3.55. The molecular formula is C16H16GeSi2. The van der Waals surface area contributed by atoms with Crippen molar-refractivity contribution in [1.82, 2.24) is 0 Å². The van der Waals surface area contributed by atoms with Gasteiger partial charge in [-0.25, -0.2) is 0 Å². The molecule has 0 N–H and O–H groups in total. The normalized spacial score (nSPS) is 21.3. The van der Waals surface area contributed by atoms with Crippen molar-refractivity contribution in [2.45, 2.75) is 22.3 Å². The molecule has 0 amide bonds. The van der Waals surface area contributed by atoms with Gasteiger partial charge >= 0.3 is 110 Å². The monoisotopic (exact) mass is 338 g/mol. The van der Waals surface area contributed by atoms with Crippen LogP contribution in [-0.4, -0.2) is 37.4 Å². The van der Waals surface area contributed by atoms with Gasteiger partial charge in [0.1, 0.15) is 0 Å². The van der Waals surface area contributed by atoms with Crippen LogP contribution in [0.1, 0.15) is 33.5 Å². The predicted molar refractivity (Wildman–Crippen MR) is 84.9 cm³/mol. The molecule has 1 aliphatic rings. The first kappa shape index (κ1) is 16.5. The summed E-state index contributed by atoms with van der Waals surface area (Å²) in [5, 5.41) is 0. The van der Waals surface area contributed by atoms with E-state index in [0.717, 1.165) is 9.50 Å². The topological polar surface area (TPSA) is 0 Å². The van der Waals surface area contributed by atoms with E-state index in [4.69, 9.17) is 0 Å². The van der Waals surface area contributed by atoms with Gasteiger partial charge in [-0.2, -0.15) is 0 Å². The van der Waals surface area contributed by atoms with Gasteiger partial charge in [0, 0.05) is 21.9 Å². The van der Waals surface area contributed by atoms with Gasteiger partial charge < -0.3 is 0 Å². The van der Waals surface area contributed by atoms with Crippen molar-refractivity contribution < 1.29 is 0 Å². The van der Waals surface area contributed by atoms with Gasteiger partial charge in [-0.05, 0) is 0 Å². The van der Waals surface area contributed by atoms with Crippen molar-refractivity contribution in [3.05, 3.63) is 71.8 Å². The summed E-state index contributed by atoms with van der Waals surface area (Å²) in [7, 11) is 0. The van der Waals surface area contributed by atoms with Crippen LogP contribution in [0, 0.1) is 0 Å². The van der Waals surface area contributed by atoms with E-state index in [2.05, 4.69) is 60.7 Å². The standard InChI is InChI=1S/C16H16Ge.2Si/c1-3-7-13(8-4-1)15-11-12-16(17-15)14-9-5-2-6-10-14;;/h1-10,15-16H,11-12H2;;. The Kier molecular flexibility index (Phi) is 6.83. The summed E-state index contributed by atoms with van der Waals surface area (Å²) in [5.41, 5.74) is 3.15. The number of rotatable bonds is 2. The quantitative estimate of drug-likeness (QED) is 0.739. The third-order valence-corrected chi connectivity index (χ3v) is 7.85. The molecule has 0 aromatic heterocycles. The van der Waals surface area contributed by atoms with Crippen LogP contribution >= 0.6 is 0 Å². The van der Waals surface area contributed by atoms with Crippen molar-refractivity contribution in [2.24, 2.45) is 0 Å². The summed E-state index contributed by atoms with van der Waals surface area (Å²) in [6, 6.07) is 22.2. The van der Waals surface area contributed by atoms with E-state index in [9.17, 15) is 0 Å². The molecule has 3 heteroatoms. The Morgan fingerprint density at radius 1 is 0.632 bits per heavy atom. The maximum absolute atomic E-state index is 2.31. The van der Waals surface area contributed by atoms with Gasteiger partial charge in [0.2, 0.25) is 0 Å². The molecule has 19 heavy (non-hydrogen) atoms. The zero-order valence-electron chi connectivity index (χ0n) is 10.8. The summed E-state index contributed by atoms with van der Waals surface area (Å²) in [6.45, 7) is 0. The van der Waals surface area contributed by atoms with Crippen LogP contribution in [0.3, 0.4) is 0 Å². The first-order chi connectivity index (χ1) is 8.43. The molecule has 1 fully saturated rings. The van der Waals surface area contributed by atoms with E-state index in [1.165, 1.54) is 12.8 Å². The van der Waals surface area contributed by atoms with Crippen molar-refractivity contribution in [1.29, 1.82) is 0 Å². The van der Waals surface area contributed by atoms with Gasteiger partial charge in [0.05, 0.1) is 0 Å². The van der Waals surface area contributed by atoms with Crippen molar-refractivity contribution >= 4 is 37.4 Å². The molecule has 92 valence electrons. The summed E-state index contributed by atoms with van der Waals surface area (Å²) >= 11 is 0.109. The van der Waals surface area contributed by atoms with Crippen LogP contribution in [-0.2, 0) is 0 Å². The van der Waals surface area contributed by atoms with E-state index in [-0.39, 0.29) is 37.4 Å². The Morgan fingerprint density at radius 3 is 1.37 bits per heavy atom. The molecule has 0 saturated carbocycles. The van der Waals surface area contributed by atoms with Gasteiger partial charge in [-0.1, -0.05) is 0 Å². The van der Waals surface area contributed by atoms with E-state index in [1.807, 2.05) is 0 Å². The van der Waals surface area contributed by atoms with Crippen LogP contribution in [0.2, 0.25) is 0 Å². The van der Waals surface area contributed by atoms with Gasteiger partial charge in [0.25, 0.3) is 0 Å². The Hall–Kier alpha value is -0.583. The molecule has 0 bridgehead atoms. The van der Waals surface area contributed by atoms with Gasteiger partial charge in [0.15, 0.2) is 0 Å². The fourth-order valence-electron chi connectivity index (χ4n) is 2.64. The molecule has 1 heterocycles. The fourth-order valence-corrected chi connectivity index (χ4v) is 6.67. The van der Waals surface area contributed by atoms with E-state index in [0.29, 0.717) is 0 Å². The van der Waals surface area contributed by atoms with Crippen LogP contribution in [0.4, 0.5) is 0 Å². The Labute approximate surface area is 131 Å². The Bertz CT molecular complexity index is 427. The molecule has 0 nitrogen and oxygen atoms in total. The molecule has 2 atom stereocenters. The molecule has 3 rings (SSSR count). The van der Waals surface area contributed by atoms with Crippen molar-refractivity contribution in [3.8, 4) is 0 Å². The van der Waals surface area contributed by atoms with Crippen molar-refractivity contribution in [2.75, 3.05) is 0 Å². The second kappa shape index (κ2) is 7.87. The zero-order valence-corrected chi connectivity index (χ0v) is 14.9. The van der Waals surface area contributed by atoms with Crippen LogP contribution in [0.25, 0.3) is 0 Å². The molecular weight excluding hydrogens is 321 g/mol. The second-order valence-corrected chi connectivity index (χ2v) is 8.29. The first-order valence-corrected chi connectivity index (χ1v) is 8.72. The molecule has 2 aromatic rings. The maximum atomic E-state index is 2.31. The summed E-state index contributed by atoms with van der Waals surface area (Å²) < 4.78 is 1.78. The minimum atomic E-state index is 0. The predicted octanol–water partition coefficient (Wildman–Crippen LogP) is 3.21. The molecule has 0 spiro atoms. The van der Waals surface area contributed by atoms with E-state index in [1.54, 1.807) is 11.1 Å². The zero-order chi connectivity index (χ0) is 11.5. The minimum absolute atomic E-state index is 0. The summed E-state index contributed by atoms with van der Waals surface area (Å²) in [4.78, 5) is 0. The third kappa shape index (κ3) is 3.94. The molecule has 2 unspecified atom stereocenters. The average molecular weight is 337 g/mol. The number of benzene rings is 2. The Morgan fingerprint density at radius 2 is 1.00 bits per heavy atom. The van der Waals surface area contributed by atoms with E-state index < -0.39 is 0 Å². The van der Waals surface area contributed by atoms with E-state index >= 15 is 0 Å². The van der Waals surface area contributed by atoms with Crippen LogP contribution in [0.15, 0.2) is 60.7 Å². The molecule has 1 aliphatic heterocycles. The van der Waals surface area contributed by atoms with Gasteiger partial charge in [-0.3, -0.25) is 0 Å².